The van der Waals surface area contributed by atoms with Crippen LogP contribution in [0.25, 0.3) is 11.1 Å². The lowest BCUT2D eigenvalue weighted by atomic mass is 9.99. The minimum absolute atomic E-state index is 0.200. The quantitative estimate of drug-likeness (QED) is 0.133. The molecule has 7 N–H and O–H groups in total. The number of rotatable bonds is 17. The Morgan fingerprint density at radius 2 is 1.42 bits per heavy atom. The molecule has 3 rings (SSSR count). The van der Waals surface area contributed by atoms with E-state index >= 15 is 0 Å². The molecule has 240 valence electrons. The number of benzene rings is 2. The molecule has 2 aromatic carbocycles. The first-order valence-electron chi connectivity index (χ1n) is 15.4. The summed E-state index contributed by atoms with van der Waals surface area (Å²) in [6.07, 6.45) is -2.69. The van der Waals surface area contributed by atoms with Crippen LogP contribution in [-0.2, 0) is 27.1 Å². The van der Waals surface area contributed by atoms with Crippen LogP contribution in [0.4, 0.5) is 0 Å². The molecule has 1 saturated heterocycles. The van der Waals surface area contributed by atoms with E-state index in [1.54, 1.807) is 0 Å². The number of carbonyl (C=O) groups is 1. The molecule has 10 heteroatoms. The molecule has 0 aromatic heterocycles. The lowest BCUT2D eigenvalue weighted by Crippen LogP contribution is -2.60. The first kappa shape index (κ1) is 35.1. The zero-order valence-corrected chi connectivity index (χ0v) is 25.2. The van der Waals surface area contributed by atoms with E-state index in [9.17, 15) is 35.4 Å². The van der Waals surface area contributed by atoms with Crippen molar-refractivity contribution in [2.75, 3.05) is 13.2 Å². The van der Waals surface area contributed by atoms with Crippen LogP contribution in [0.1, 0.15) is 63.5 Å². The molecule has 0 bridgehead atoms. The van der Waals surface area contributed by atoms with Crippen LogP contribution in [0.5, 0.6) is 0 Å². The molecule has 1 aliphatic rings. The van der Waals surface area contributed by atoms with Crippen LogP contribution in [0.2, 0.25) is 0 Å². The number of aliphatic hydroxyl groups excluding tert-OH is 6. The minimum Gasteiger partial charge on any atom is -0.394 e. The number of unbranched alkanes of at least 4 members (excludes halogenated alkanes) is 3. The van der Waals surface area contributed by atoms with Crippen molar-refractivity contribution in [3.05, 3.63) is 59.7 Å². The maximum atomic E-state index is 12.7. The molecule has 10 nitrogen and oxygen atoms in total. The van der Waals surface area contributed by atoms with E-state index in [2.05, 4.69) is 60.8 Å². The third-order valence-electron chi connectivity index (χ3n) is 7.97. The van der Waals surface area contributed by atoms with Crippen molar-refractivity contribution >= 4 is 5.91 Å². The van der Waals surface area contributed by atoms with Gasteiger partial charge >= 0.3 is 0 Å². The highest BCUT2D eigenvalue weighted by atomic mass is 16.7. The summed E-state index contributed by atoms with van der Waals surface area (Å²) in [5, 5.41) is 62.4. The van der Waals surface area contributed by atoms with Crippen molar-refractivity contribution in [3.63, 3.8) is 0 Å². The number of aliphatic hydroxyl groups is 6. The molecule has 1 amide bonds. The second-order valence-electron chi connectivity index (χ2n) is 11.5. The summed E-state index contributed by atoms with van der Waals surface area (Å²) in [4.78, 5) is 12.7. The standard InChI is InChI=1S/C33H49NO9/c1-3-4-5-8-22-11-15-24(16-12-22)25-17-13-23(14-18-25)9-6-7-10-28(37)34-26(29(38)21(2)36)20-42-33-32(41)31(40)30(39)27(19-35)43-33/h11-18,21,26-27,29-33,35-36,38-41H,3-10,19-20H2,1-2H3,(H,34,37)/t21-,26+,27?,29-,30?,31?,32?,33?/m1/s1. The van der Waals surface area contributed by atoms with Crippen LogP contribution < -0.4 is 5.32 Å². The zero-order chi connectivity index (χ0) is 31.4. The first-order chi connectivity index (χ1) is 20.6. The van der Waals surface area contributed by atoms with Gasteiger partial charge in [0.2, 0.25) is 5.91 Å². The maximum absolute atomic E-state index is 12.7. The normalized spacial score (nSPS) is 24.3. The van der Waals surface area contributed by atoms with E-state index in [1.807, 2.05) is 0 Å². The van der Waals surface area contributed by atoms with Gasteiger partial charge in [0, 0.05) is 6.42 Å². The molecule has 1 fully saturated rings. The van der Waals surface area contributed by atoms with Crippen molar-refractivity contribution in [2.45, 2.75) is 114 Å². The van der Waals surface area contributed by atoms with Gasteiger partial charge in [0.25, 0.3) is 0 Å². The van der Waals surface area contributed by atoms with Gasteiger partial charge in [-0.1, -0.05) is 68.3 Å². The van der Waals surface area contributed by atoms with Gasteiger partial charge in [0.1, 0.15) is 30.5 Å². The summed E-state index contributed by atoms with van der Waals surface area (Å²) < 4.78 is 10.8. The fraction of sp³-hybridized carbons (Fsp3) is 0.606. The fourth-order valence-electron chi connectivity index (χ4n) is 5.17. The number of amides is 1. The Morgan fingerprint density at radius 3 is 1.93 bits per heavy atom. The Kier molecular flexibility index (Phi) is 14.5. The summed E-state index contributed by atoms with van der Waals surface area (Å²) in [5.74, 6) is -0.337. The van der Waals surface area contributed by atoms with E-state index < -0.39 is 55.6 Å². The topological polar surface area (TPSA) is 169 Å². The smallest absolute Gasteiger partial charge is 0.220 e. The molecule has 5 unspecified atom stereocenters. The van der Waals surface area contributed by atoms with Crippen molar-refractivity contribution in [1.29, 1.82) is 0 Å². The van der Waals surface area contributed by atoms with Gasteiger partial charge in [-0.2, -0.15) is 0 Å². The molecule has 2 aromatic rings. The Balaban J connectivity index is 1.44. The van der Waals surface area contributed by atoms with E-state index in [-0.39, 0.29) is 18.9 Å². The Bertz CT molecular complexity index is 1080. The van der Waals surface area contributed by atoms with E-state index in [0.29, 0.717) is 6.42 Å². The predicted molar refractivity (Wildman–Crippen MR) is 162 cm³/mol. The number of carbonyl (C=O) groups excluding carboxylic acids is 1. The largest absolute Gasteiger partial charge is 0.394 e. The molecular formula is C33H49NO9. The van der Waals surface area contributed by atoms with Gasteiger partial charge in [-0.25, -0.2) is 0 Å². The average Bonchev–Trinajstić information content (AvgIpc) is 3.01. The lowest BCUT2D eigenvalue weighted by molar-refractivity contribution is -0.303. The first-order valence-corrected chi connectivity index (χ1v) is 15.4. The van der Waals surface area contributed by atoms with E-state index in [4.69, 9.17) is 9.47 Å². The number of hydrogen-bond acceptors (Lipinski definition) is 9. The molecule has 0 spiro atoms. The molecule has 0 aliphatic carbocycles. The number of nitrogens with one attached hydrogen (secondary N) is 1. The minimum atomic E-state index is -1.62. The number of hydrogen-bond donors (Lipinski definition) is 7. The highest BCUT2D eigenvalue weighted by Gasteiger charge is 2.44. The third kappa shape index (κ3) is 10.6. The van der Waals surface area contributed by atoms with Gasteiger partial charge in [-0.3, -0.25) is 4.79 Å². The van der Waals surface area contributed by atoms with Gasteiger partial charge in [-0.15, -0.1) is 0 Å². The maximum Gasteiger partial charge on any atom is 0.220 e. The fourth-order valence-corrected chi connectivity index (χ4v) is 5.17. The molecule has 8 atom stereocenters. The highest BCUT2D eigenvalue weighted by molar-refractivity contribution is 5.76. The molecular weight excluding hydrogens is 554 g/mol. The van der Waals surface area contributed by atoms with Gasteiger partial charge in [-0.05, 0) is 61.3 Å². The van der Waals surface area contributed by atoms with Crippen molar-refractivity contribution in [1.82, 2.24) is 5.32 Å². The molecule has 0 radical (unpaired) electrons. The summed E-state index contributed by atoms with van der Waals surface area (Å²) in [6.45, 7) is 2.61. The summed E-state index contributed by atoms with van der Waals surface area (Å²) >= 11 is 0. The zero-order valence-electron chi connectivity index (χ0n) is 25.2. The van der Waals surface area contributed by atoms with Gasteiger partial charge in [0.15, 0.2) is 6.29 Å². The monoisotopic (exact) mass is 603 g/mol. The molecule has 0 saturated carbocycles. The van der Waals surface area contributed by atoms with Crippen LogP contribution in [0.15, 0.2) is 48.5 Å². The van der Waals surface area contributed by atoms with E-state index in [1.165, 1.54) is 42.9 Å². The van der Waals surface area contributed by atoms with Crippen LogP contribution >= 0.6 is 0 Å². The van der Waals surface area contributed by atoms with Crippen molar-refractivity contribution in [2.24, 2.45) is 0 Å². The molecule has 1 aliphatic heterocycles. The lowest BCUT2D eigenvalue weighted by Gasteiger charge is -2.40. The highest BCUT2D eigenvalue weighted by Crippen LogP contribution is 2.23. The van der Waals surface area contributed by atoms with Crippen LogP contribution in [0, 0.1) is 0 Å². The average molecular weight is 604 g/mol. The van der Waals surface area contributed by atoms with Crippen molar-refractivity contribution < 1.29 is 44.9 Å². The van der Waals surface area contributed by atoms with Crippen LogP contribution in [0.3, 0.4) is 0 Å². The van der Waals surface area contributed by atoms with Crippen LogP contribution in [-0.4, -0.2) is 98.7 Å². The Hall–Kier alpha value is -2.41. The summed E-state index contributed by atoms with van der Waals surface area (Å²) in [6, 6.07) is 16.2. The van der Waals surface area contributed by atoms with Gasteiger partial charge in [0.05, 0.1) is 25.4 Å². The van der Waals surface area contributed by atoms with Gasteiger partial charge < -0.3 is 45.4 Å². The Morgan fingerprint density at radius 1 is 0.860 bits per heavy atom. The molecule has 1 heterocycles. The second kappa shape index (κ2) is 17.8. The van der Waals surface area contributed by atoms with E-state index in [0.717, 1.165) is 24.8 Å². The molecule has 43 heavy (non-hydrogen) atoms. The third-order valence-corrected chi connectivity index (χ3v) is 7.97. The summed E-state index contributed by atoms with van der Waals surface area (Å²) in [5.41, 5.74) is 4.89. The Labute approximate surface area is 254 Å². The number of aryl methyl sites for hydroxylation is 2. The SMILES string of the molecule is CCCCCc1ccc(-c2ccc(CCCCC(=O)N[C@@H](COC3OC(CO)C(O)C(O)C3O)[C@H](O)[C@@H](C)O)cc2)cc1. The van der Waals surface area contributed by atoms with Crippen molar-refractivity contribution in [3.8, 4) is 11.1 Å². The summed E-state index contributed by atoms with van der Waals surface area (Å²) in [7, 11) is 0. The second-order valence-corrected chi connectivity index (χ2v) is 11.5. The number of ether oxygens (including phenoxy) is 2. The predicted octanol–water partition coefficient (Wildman–Crippen LogP) is 1.84.